The lowest BCUT2D eigenvalue weighted by Gasteiger charge is -2.15. The first-order valence-corrected chi connectivity index (χ1v) is 8.14. The average Bonchev–Trinajstić information content (AvgIpc) is 2.97. The van der Waals surface area contributed by atoms with E-state index in [1.165, 1.54) is 22.7 Å². The molecule has 2 rings (SSSR count). The van der Waals surface area contributed by atoms with E-state index in [4.69, 9.17) is 4.74 Å². The molecule has 0 saturated heterocycles. The van der Waals surface area contributed by atoms with Crippen LogP contribution >= 0.6 is 0 Å². The Morgan fingerprint density at radius 3 is 2.53 bits per heavy atom. The molecule has 0 aliphatic heterocycles. The van der Waals surface area contributed by atoms with E-state index in [1.54, 1.807) is 6.92 Å². The number of aldehydes is 1. The zero-order valence-corrected chi connectivity index (χ0v) is 15.4. The highest BCUT2D eigenvalue weighted by Gasteiger charge is 2.34. The fourth-order valence-corrected chi connectivity index (χ4v) is 2.28. The summed E-state index contributed by atoms with van der Waals surface area (Å²) in [5.41, 5.74) is -0.299. The van der Waals surface area contributed by atoms with E-state index >= 15 is 0 Å². The lowest BCUT2D eigenvalue weighted by atomic mass is 10.2. The zero-order chi connectivity index (χ0) is 22.5. The highest BCUT2D eigenvalue weighted by atomic mass is 19.4. The van der Waals surface area contributed by atoms with Gasteiger partial charge in [-0.25, -0.2) is 4.98 Å². The number of carbonyl (C=O) groups is 1. The minimum Gasteiger partial charge on any atom is -0.485 e. The summed E-state index contributed by atoms with van der Waals surface area (Å²) in [6.45, 7) is 1.97. The topological polar surface area (TPSA) is 65.2 Å². The van der Waals surface area contributed by atoms with Crippen molar-refractivity contribution in [2.75, 3.05) is 13.2 Å². The molecule has 0 saturated carbocycles. The molecule has 0 bridgehead atoms. The van der Waals surface area contributed by atoms with E-state index in [-0.39, 0.29) is 11.4 Å². The molecular formula is C18H15F6N3O3. The highest BCUT2D eigenvalue weighted by molar-refractivity contribution is 5.75. The van der Waals surface area contributed by atoms with Crippen LogP contribution in [0.3, 0.4) is 0 Å². The molecule has 2 heterocycles. The molecule has 2 aromatic heterocycles. The largest absolute Gasteiger partial charge is 0.485 e. The van der Waals surface area contributed by atoms with Crippen LogP contribution in [0.5, 0.6) is 5.75 Å². The van der Waals surface area contributed by atoms with E-state index in [2.05, 4.69) is 21.4 Å². The Labute approximate surface area is 166 Å². The number of pyridine rings is 1. The number of aliphatic imine (C=N–C) groups is 1. The van der Waals surface area contributed by atoms with Crippen LogP contribution in [0.2, 0.25) is 0 Å². The van der Waals surface area contributed by atoms with Crippen molar-refractivity contribution >= 4 is 18.7 Å². The average molecular weight is 435 g/mol. The summed E-state index contributed by atoms with van der Waals surface area (Å²) in [5.74, 6) is -0.628. The van der Waals surface area contributed by atoms with E-state index in [1.807, 2.05) is 0 Å². The second kappa shape index (κ2) is 9.01. The number of ether oxygens (including phenoxy) is 2. The van der Waals surface area contributed by atoms with Gasteiger partial charge < -0.3 is 9.47 Å². The van der Waals surface area contributed by atoms with Crippen LogP contribution in [0, 0.1) is 6.92 Å². The van der Waals surface area contributed by atoms with Crippen LogP contribution in [0.25, 0.3) is 5.65 Å². The number of fused-ring (bicyclic) bond motifs is 1. The Bertz CT molecular complexity index is 989. The van der Waals surface area contributed by atoms with Gasteiger partial charge in [-0.2, -0.15) is 26.3 Å². The molecule has 30 heavy (non-hydrogen) atoms. The van der Waals surface area contributed by atoms with Gasteiger partial charge in [-0.1, -0.05) is 0 Å². The fourth-order valence-electron chi connectivity index (χ4n) is 2.28. The van der Waals surface area contributed by atoms with Gasteiger partial charge in [-0.3, -0.25) is 14.2 Å². The zero-order valence-electron chi connectivity index (χ0n) is 15.4. The predicted octanol–water partition coefficient (Wildman–Crippen LogP) is 4.44. The Morgan fingerprint density at radius 1 is 1.27 bits per heavy atom. The minimum atomic E-state index is -4.90. The third-order valence-corrected chi connectivity index (χ3v) is 3.66. The number of alkyl halides is 6. The summed E-state index contributed by atoms with van der Waals surface area (Å²) >= 11 is 0. The van der Waals surface area contributed by atoms with E-state index in [9.17, 15) is 31.1 Å². The van der Waals surface area contributed by atoms with Crippen molar-refractivity contribution in [3.05, 3.63) is 53.3 Å². The van der Waals surface area contributed by atoms with Gasteiger partial charge in [0, 0.05) is 6.20 Å². The molecule has 12 heteroatoms. The molecule has 2 aromatic rings. The number of carbonyl (C=O) groups excluding carboxylic acids is 1. The molecule has 0 unspecified atom stereocenters. The number of hydrogen-bond acceptors (Lipinski definition) is 5. The van der Waals surface area contributed by atoms with Gasteiger partial charge in [0.05, 0.1) is 17.5 Å². The molecule has 0 spiro atoms. The van der Waals surface area contributed by atoms with Crippen molar-refractivity contribution in [3.63, 3.8) is 0 Å². The lowest BCUT2D eigenvalue weighted by molar-refractivity contribution is -0.166. The van der Waals surface area contributed by atoms with Gasteiger partial charge in [-0.05, 0) is 31.9 Å². The summed E-state index contributed by atoms with van der Waals surface area (Å²) in [7, 11) is 0. The summed E-state index contributed by atoms with van der Waals surface area (Å²) in [6.07, 6.45) is -7.03. The number of halogens is 6. The van der Waals surface area contributed by atoms with Gasteiger partial charge in [-0.15, -0.1) is 0 Å². The standard InChI is InChI=1S/C18H15F6N3O3/c1-11-15(8-28)26-16-4-3-13(7-27(11)16)29-9-14(30-10-17(19,20)21)5-12(6-25-2)18(22,23)24/h3-8H,2,9-10H2,1H3/b12-6+,14-5+. The molecule has 0 N–H and O–H groups in total. The maximum absolute atomic E-state index is 13.0. The number of aromatic nitrogens is 2. The Morgan fingerprint density at radius 2 is 1.97 bits per heavy atom. The molecule has 0 atom stereocenters. The third-order valence-electron chi connectivity index (χ3n) is 3.66. The second-order valence-electron chi connectivity index (χ2n) is 5.86. The first-order chi connectivity index (χ1) is 13.9. The molecule has 6 nitrogen and oxygen atoms in total. The first-order valence-electron chi connectivity index (χ1n) is 8.14. The third kappa shape index (κ3) is 6.09. The summed E-state index contributed by atoms with van der Waals surface area (Å²) in [6, 6.07) is 2.86. The Balaban J connectivity index is 2.29. The smallest absolute Gasteiger partial charge is 0.422 e. The van der Waals surface area contributed by atoms with Gasteiger partial charge in [0.25, 0.3) is 0 Å². The quantitative estimate of drug-likeness (QED) is 0.202. The van der Waals surface area contributed by atoms with Crippen LogP contribution in [-0.4, -0.2) is 48.0 Å². The Kier molecular flexibility index (Phi) is 6.90. The molecular weight excluding hydrogens is 420 g/mol. The van der Waals surface area contributed by atoms with Gasteiger partial charge >= 0.3 is 12.4 Å². The van der Waals surface area contributed by atoms with Crippen LogP contribution in [0.1, 0.15) is 16.2 Å². The first kappa shape index (κ1) is 23.0. The highest BCUT2D eigenvalue weighted by Crippen LogP contribution is 2.28. The Hall–Kier alpha value is -3.31. The van der Waals surface area contributed by atoms with Crippen LogP contribution < -0.4 is 4.74 Å². The summed E-state index contributed by atoms with van der Waals surface area (Å²) in [5, 5.41) is 0. The molecule has 0 aromatic carbocycles. The maximum Gasteiger partial charge on any atom is 0.422 e. The molecule has 0 aliphatic rings. The number of hydrogen-bond donors (Lipinski definition) is 0. The second-order valence-corrected chi connectivity index (χ2v) is 5.86. The number of allylic oxidation sites excluding steroid dienone is 2. The van der Waals surface area contributed by atoms with Crippen LogP contribution in [0.4, 0.5) is 26.3 Å². The van der Waals surface area contributed by atoms with Crippen molar-refractivity contribution in [3.8, 4) is 5.75 Å². The molecule has 162 valence electrons. The molecule has 0 amide bonds. The van der Waals surface area contributed by atoms with E-state index in [0.717, 1.165) is 0 Å². The van der Waals surface area contributed by atoms with Gasteiger partial charge in [0.1, 0.15) is 29.5 Å². The minimum absolute atomic E-state index is 0.0985. The lowest BCUT2D eigenvalue weighted by Crippen LogP contribution is -2.19. The number of rotatable bonds is 8. The summed E-state index contributed by atoms with van der Waals surface area (Å²) in [4.78, 5) is 18.0. The maximum atomic E-state index is 13.0. The number of nitrogens with zero attached hydrogens (tertiary/aromatic N) is 3. The van der Waals surface area contributed by atoms with E-state index < -0.39 is 36.9 Å². The fraction of sp³-hybridized carbons (Fsp3) is 0.278. The molecule has 0 aliphatic carbocycles. The number of aryl methyl sites for hydroxylation is 1. The van der Waals surface area contributed by atoms with Crippen molar-refractivity contribution in [2.45, 2.75) is 19.3 Å². The van der Waals surface area contributed by atoms with Gasteiger partial charge in [0.15, 0.2) is 12.9 Å². The van der Waals surface area contributed by atoms with Crippen molar-refractivity contribution < 1.29 is 40.6 Å². The van der Waals surface area contributed by atoms with Crippen molar-refractivity contribution in [1.82, 2.24) is 9.38 Å². The predicted molar refractivity (Wildman–Crippen MR) is 94.6 cm³/mol. The summed E-state index contributed by atoms with van der Waals surface area (Å²) < 4.78 is 87.6. The van der Waals surface area contributed by atoms with Gasteiger partial charge in [0.2, 0.25) is 0 Å². The monoisotopic (exact) mass is 435 g/mol. The number of imidazole rings is 1. The van der Waals surface area contributed by atoms with Crippen LogP contribution in [-0.2, 0) is 4.74 Å². The molecule has 0 radical (unpaired) electrons. The van der Waals surface area contributed by atoms with Crippen molar-refractivity contribution in [2.24, 2.45) is 4.99 Å². The molecule has 0 fully saturated rings. The normalized spacial score (nSPS) is 13.4. The SMILES string of the molecule is C=N/C=C(\C=C(/COc1ccc2nc(C=O)c(C)n2c1)OCC(F)(F)F)C(F)(F)F. The van der Waals surface area contributed by atoms with E-state index in [0.29, 0.717) is 29.9 Å². The van der Waals surface area contributed by atoms with Crippen molar-refractivity contribution in [1.29, 1.82) is 0 Å². The van der Waals surface area contributed by atoms with Crippen LogP contribution in [0.15, 0.2) is 46.9 Å².